The molecule has 0 fully saturated rings. The molecule has 0 atom stereocenters. The smallest absolute Gasteiger partial charge is 0.303 e. The topological polar surface area (TPSA) is 101 Å². The third-order valence-corrected chi connectivity index (χ3v) is 5.36. The molecule has 0 saturated heterocycles. The molecule has 1 aliphatic rings. The molecule has 0 amide bonds. The van der Waals surface area contributed by atoms with Crippen molar-refractivity contribution in [2.45, 2.75) is 25.8 Å². The van der Waals surface area contributed by atoms with Gasteiger partial charge in [-0.25, -0.2) is 8.42 Å². The van der Waals surface area contributed by atoms with E-state index in [1.165, 1.54) is 4.31 Å². The van der Waals surface area contributed by atoms with Gasteiger partial charge in [-0.2, -0.15) is 4.31 Å². The number of sulfonamides is 1. The molecule has 1 heterocycles. The Morgan fingerprint density at radius 1 is 1.40 bits per heavy atom. The van der Waals surface area contributed by atoms with Crippen LogP contribution in [0, 0.1) is 0 Å². The van der Waals surface area contributed by atoms with Crippen molar-refractivity contribution in [3.05, 3.63) is 29.3 Å². The highest BCUT2D eigenvalue weighted by atomic mass is 32.2. The minimum Gasteiger partial charge on any atom is -0.481 e. The van der Waals surface area contributed by atoms with Gasteiger partial charge < -0.3 is 10.8 Å². The van der Waals surface area contributed by atoms with Crippen LogP contribution >= 0.6 is 0 Å². The first-order valence-electron chi connectivity index (χ1n) is 6.46. The second-order valence-electron chi connectivity index (χ2n) is 4.88. The largest absolute Gasteiger partial charge is 0.481 e. The number of carbonyl (C=O) groups is 1. The Bertz CT molecular complexity index is 613. The Kier molecular flexibility index (Phi) is 4.29. The first kappa shape index (κ1) is 14.8. The van der Waals surface area contributed by atoms with E-state index in [0.29, 0.717) is 18.7 Å². The molecule has 0 aliphatic carbocycles. The number of carboxylic acids is 1. The zero-order valence-electron chi connectivity index (χ0n) is 11.1. The summed E-state index contributed by atoms with van der Waals surface area (Å²) in [6.07, 6.45) is 0.635. The highest BCUT2D eigenvalue weighted by Crippen LogP contribution is 2.26. The third kappa shape index (κ3) is 3.29. The molecule has 0 saturated carbocycles. The summed E-state index contributed by atoms with van der Waals surface area (Å²) in [4.78, 5) is 10.4. The van der Waals surface area contributed by atoms with E-state index in [2.05, 4.69) is 0 Å². The Morgan fingerprint density at radius 2 is 2.15 bits per heavy atom. The normalized spacial score (nSPS) is 15.8. The van der Waals surface area contributed by atoms with Crippen molar-refractivity contribution in [3.63, 3.8) is 0 Å². The van der Waals surface area contributed by atoms with Crippen molar-refractivity contribution in [3.8, 4) is 0 Å². The lowest BCUT2D eigenvalue weighted by molar-refractivity contribution is -0.137. The number of nitrogens with two attached hydrogens (primary N) is 1. The van der Waals surface area contributed by atoms with E-state index in [9.17, 15) is 13.2 Å². The molecule has 110 valence electrons. The van der Waals surface area contributed by atoms with Crippen LogP contribution in [0.15, 0.2) is 18.2 Å². The minimum atomic E-state index is -3.42. The van der Waals surface area contributed by atoms with Crippen molar-refractivity contribution in [2.75, 3.05) is 18.0 Å². The van der Waals surface area contributed by atoms with Gasteiger partial charge >= 0.3 is 5.97 Å². The molecule has 0 aromatic heterocycles. The van der Waals surface area contributed by atoms with Gasteiger partial charge in [-0.3, -0.25) is 4.79 Å². The van der Waals surface area contributed by atoms with Crippen LogP contribution in [0.5, 0.6) is 0 Å². The van der Waals surface area contributed by atoms with Gasteiger partial charge in [-0.05, 0) is 30.0 Å². The minimum absolute atomic E-state index is 0.130. The van der Waals surface area contributed by atoms with Gasteiger partial charge in [0.1, 0.15) is 0 Å². The number of rotatable bonds is 5. The number of nitrogen functional groups attached to an aromatic ring is 1. The lowest BCUT2D eigenvalue weighted by Gasteiger charge is -2.28. The molecule has 20 heavy (non-hydrogen) atoms. The van der Waals surface area contributed by atoms with E-state index in [0.717, 1.165) is 11.1 Å². The number of aliphatic carboxylic acids is 1. The van der Waals surface area contributed by atoms with Crippen molar-refractivity contribution in [1.82, 2.24) is 4.31 Å². The molecule has 2 rings (SSSR count). The summed E-state index contributed by atoms with van der Waals surface area (Å²) in [7, 11) is -3.42. The standard InChI is InChI=1S/C13H18N2O4S/c14-12-4-1-3-10-6-7-15(9-11(10)12)20(18,19)8-2-5-13(16)17/h1,3-4H,2,5-9,14H2,(H,16,17). The maximum atomic E-state index is 12.2. The van der Waals surface area contributed by atoms with E-state index in [-0.39, 0.29) is 25.1 Å². The van der Waals surface area contributed by atoms with E-state index in [1.807, 2.05) is 12.1 Å². The molecular weight excluding hydrogens is 280 g/mol. The first-order chi connectivity index (χ1) is 9.40. The molecule has 0 bridgehead atoms. The molecule has 1 aromatic carbocycles. The predicted octanol–water partition coefficient (Wildman–Crippen LogP) is 0.822. The van der Waals surface area contributed by atoms with E-state index in [1.54, 1.807) is 6.07 Å². The van der Waals surface area contributed by atoms with E-state index in [4.69, 9.17) is 10.8 Å². The van der Waals surface area contributed by atoms with Gasteiger partial charge in [0.25, 0.3) is 0 Å². The lowest BCUT2D eigenvalue weighted by Crippen LogP contribution is -2.37. The Morgan fingerprint density at radius 3 is 2.85 bits per heavy atom. The van der Waals surface area contributed by atoms with Crippen LogP contribution in [0.4, 0.5) is 5.69 Å². The fraction of sp³-hybridized carbons (Fsp3) is 0.462. The van der Waals surface area contributed by atoms with Crippen LogP contribution < -0.4 is 5.73 Å². The van der Waals surface area contributed by atoms with Gasteiger partial charge in [0.15, 0.2) is 0 Å². The fourth-order valence-electron chi connectivity index (χ4n) is 2.35. The summed E-state index contributed by atoms with van der Waals surface area (Å²) in [5, 5.41) is 8.56. The van der Waals surface area contributed by atoms with Crippen LogP contribution in [-0.4, -0.2) is 36.1 Å². The summed E-state index contributed by atoms with van der Waals surface area (Å²) < 4.78 is 25.8. The van der Waals surface area contributed by atoms with Crippen molar-refractivity contribution >= 4 is 21.7 Å². The van der Waals surface area contributed by atoms with Gasteiger partial charge in [0.05, 0.1) is 5.75 Å². The van der Waals surface area contributed by atoms with Crippen molar-refractivity contribution in [2.24, 2.45) is 0 Å². The highest BCUT2D eigenvalue weighted by Gasteiger charge is 2.27. The number of benzene rings is 1. The molecule has 0 spiro atoms. The second kappa shape index (κ2) is 5.80. The molecule has 6 nitrogen and oxygen atoms in total. The summed E-state index contributed by atoms with van der Waals surface area (Å²) in [6, 6.07) is 5.59. The number of nitrogens with zero attached hydrogens (tertiary/aromatic N) is 1. The zero-order chi connectivity index (χ0) is 14.8. The van der Waals surface area contributed by atoms with Crippen LogP contribution in [0.1, 0.15) is 24.0 Å². The van der Waals surface area contributed by atoms with E-state index >= 15 is 0 Å². The fourth-order valence-corrected chi connectivity index (χ4v) is 3.82. The molecule has 3 N–H and O–H groups in total. The number of hydrogen-bond donors (Lipinski definition) is 2. The SMILES string of the molecule is Nc1cccc2c1CN(S(=O)(=O)CCCC(=O)O)CC2. The molecule has 0 radical (unpaired) electrons. The summed E-state index contributed by atoms with van der Waals surface area (Å²) in [5.74, 6) is -1.12. The van der Waals surface area contributed by atoms with Gasteiger partial charge in [-0.15, -0.1) is 0 Å². The monoisotopic (exact) mass is 298 g/mol. The predicted molar refractivity (Wildman–Crippen MR) is 75.6 cm³/mol. The number of fused-ring (bicyclic) bond motifs is 1. The molecule has 1 aliphatic heterocycles. The summed E-state index contributed by atoms with van der Waals surface area (Å²) >= 11 is 0. The number of carboxylic acid groups (broad SMARTS) is 1. The molecule has 7 heteroatoms. The molecule has 0 unspecified atom stereocenters. The molecular formula is C13H18N2O4S. The zero-order valence-corrected chi connectivity index (χ0v) is 11.9. The van der Waals surface area contributed by atoms with Crippen LogP contribution in [-0.2, 0) is 27.8 Å². The van der Waals surface area contributed by atoms with Gasteiger partial charge in [0, 0.05) is 25.2 Å². The highest BCUT2D eigenvalue weighted by molar-refractivity contribution is 7.89. The van der Waals surface area contributed by atoms with Gasteiger partial charge in [0.2, 0.25) is 10.0 Å². The number of anilines is 1. The number of hydrogen-bond acceptors (Lipinski definition) is 4. The van der Waals surface area contributed by atoms with Gasteiger partial charge in [-0.1, -0.05) is 12.1 Å². The molecule has 1 aromatic rings. The second-order valence-corrected chi connectivity index (χ2v) is 6.97. The average Bonchev–Trinajstić information content (AvgIpc) is 2.38. The lowest BCUT2D eigenvalue weighted by atomic mass is 10.00. The van der Waals surface area contributed by atoms with Crippen molar-refractivity contribution in [1.29, 1.82) is 0 Å². The van der Waals surface area contributed by atoms with Crippen molar-refractivity contribution < 1.29 is 18.3 Å². The summed E-state index contributed by atoms with van der Waals surface area (Å²) in [6.45, 7) is 0.698. The Balaban J connectivity index is 2.08. The Labute approximate surface area is 118 Å². The maximum Gasteiger partial charge on any atom is 0.303 e. The van der Waals surface area contributed by atoms with Crippen LogP contribution in [0.25, 0.3) is 0 Å². The third-order valence-electron chi connectivity index (χ3n) is 3.46. The average molecular weight is 298 g/mol. The van der Waals surface area contributed by atoms with E-state index < -0.39 is 16.0 Å². The van der Waals surface area contributed by atoms with Crippen LogP contribution in [0.2, 0.25) is 0 Å². The Hall–Kier alpha value is -1.60. The quantitative estimate of drug-likeness (QED) is 0.784. The summed E-state index contributed by atoms with van der Waals surface area (Å²) in [5.41, 5.74) is 8.44. The maximum absolute atomic E-state index is 12.2. The first-order valence-corrected chi connectivity index (χ1v) is 8.07. The van der Waals surface area contributed by atoms with Crippen LogP contribution in [0.3, 0.4) is 0 Å².